The Kier molecular flexibility index (Phi) is 3.93. The van der Waals surface area contributed by atoms with Gasteiger partial charge in [0, 0.05) is 11.3 Å². The quantitative estimate of drug-likeness (QED) is 0.519. The Morgan fingerprint density at radius 1 is 1.18 bits per heavy atom. The summed E-state index contributed by atoms with van der Waals surface area (Å²) >= 11 is 1.63. The molecule has 0 fully saturated rings. The number of thiophene rings is 1. The van der Waals surface area contributed by atoms with E-state index in [4.69, 9.17) is 4.74 Å². The molecule has 0 saturated heterocycles. The first-order chi connectivity index (χ1) is 13.5. The van der Waals surface area contributed by atoms with Gasteiger partial charge in [-0.25, -0.2) is 4.57 Å². The molecular weight excluding hydrogens is 372 g/mol. The SMILES string of the molecule is Cc1ccc(-n2c(=O)c3c4c(sc3n3c(C)nnc23)CO[C@@H](C(C)C)C4)cc1. The highest BCUT2D eigenvalue weighted by Crippen LogP contribution is 2.36. The number of aromatic nitrogens is 4. The molecule has 4 aromatic rings. The number of nitrogens with zero attached hydrogens (tertiary/aromatic N) is 4. The van der Waals surface area contributed by atoms with Gasteiger partial charge in [0.25, 0.3) is 5.56 Å². The van der Waals surface area contributed by atoms with Crippen molar-refractivity contribution >= 4 is 27.3 Å². The molecule has 0 amide bonds. The number of benzene rings is 1. The molecule has 0 bridgehead atoms. The highest BCUT2D eigenvalue weighted by Gasteiger charge is 2.29. The van der Waals surface area contributed by atoms with Crippen molar-refractivity contribution in [1.29, 1.82) is 0 Å². The van der Waals surface area contributed by atoms with Crippen LogP contribution in [0.25, 0.3) is 21.7 Å². The van der Waals surface area contributed by atoms with Gasteiger partial charge in [-0.05, 0) is 37.5 Å². The molecule has 6 nitrogen and oxygen atoms in total. The summed E-state index contributed by atoms with van der Waals surface area (Å²) in [6, 6.07) is 7.95. The van der Waals surface area contributed by atoms with E-state index in [-0.39, 0.29) is 11.7 Å². The summed E-state index contributed by atoms with van der Waals surface area (Å²) in [6.45, 7) is 8.85. The van der Waals surface area contributed by atoms with Crippen molar-refractivity contribution in [2.45, 2.75) is 46.8 Å². The summed E-state index contributed by atoms with van der Waals surface area (Å²) in [5, 5.41) is 9.38. The van der Waals surface area contributed by atoms with Crippen molar-refractivity contribution in [1.82, 2.24) is 19.2 Å². The van der Waals surface area contributed by atoms with Crippen molar-refractivity contribution in [2.24, 2.45) is 5.92 Å². The molecule has 0 N–H and O–H groups in total. The molecule has 0 spiro atoms. The van der Waals surface area contributed by atoms with Gasteiger partial charge in [0.2, 0.25) is 5.78 Å². The van der Waals surface area contributed by atoms with Crippen LogP contribution in [-0.2, 0) is 17.8 Å². The summed E-state index contributed by atoms with van der Waals surface area (Å²) < 4.78 is 9.74. The van der Waals surface area contributed by atoms with Gasteiger partial charge in [-0.1, -0.05) is 31.5 Å². The van der Waals surface area contributed by atoms with Crippen molar-refractivity contribution in [3.8, 4) is 5.69 Å². The number of aryl methyl sites for hydroxylation is 2. The average Bonchev–Trinajstić information content (AvgIpc) is 3.23. The van der Waals surface area contributed by atoms with Gasteiger partial charge in [-0.3, -0.25) is 9.20 Å². The van der Waals surface area contributed by atoms with Crippen LogP contribution in [0.3, 0.4) is 0 Å². The highest BCUT2D eigenvalue weighted by molar-refractivity contribution is 7.18. The van der Waals surface area contributed by atoms with Gasteiger partial charge in [0.1, 0.15) is 10.7 Å². The third-order valence-corrected chi connectivity index (χ3v) is 6.76. The summed E-state index contributed by atoms with van der Waals surface area (Å²) in [6.07, 6.45) is 0.901. The number of rotatable bonds is 2. The second-order valence-electron chi connectivity index (χ2n) is 7.84. The molecular formula is C21H22N4O2S. The van der Waals surface area contributed by atoms with Gasteiger partial charge in [0.15, 0.2) is 0 Å². The fraction of sp³-hybridized carbons (Fsp3) is 0.381. The third-order valence-electron chi connectivity index (χ3n) is 5.57. The Bertz CT molecular complexity index is 1260. The summed E-state index contributed by atoms with van der Waals surface area (Å²) in [5.41, 5.74) is 3.06. The largest absolute Gasteiger partial charge is 0.372 e. The normalized spacial score (nSPS) is 17.0. The first-order valence-corrected chi connectivity index (χ1v) is 10.4. The predicted octanol–water partition coefficient (Wildman–Crippen LogP) is 3.81. The van der Waals surface area contributed by atoms with E-state index in [0.717, 1.165) is 44.2 Å². The Morgan fingerprint density at radius 2 is 1.93 bits per heavy atom. The van der Waals surface area contributed by atoms with Crippen molar-refractivity contribution in [3.05, 3.63) is 56.4 Å². The standard InChI is InChI=1S/C21H22N4O2S/c1-11(2)16-9-15-17(10-27-16)28-20-18(15)19(26)25(14-7-5-12(3)6-8-14)21-23-22-13(4)24(20)21/h5-8,11,16H,9-10H2,1-4H3/t16-/m1/s1. The van der Waals surface area contributed by atoms with E-state index < -0.39 is 0 Å². The van der Waals surface area contributed by atoms with Crippen LogP contribution in [0.15, 0.2) is 29.1 Å². The third kappa shape index (κ3) is 2.46. The topological polar surface area (TPSA) is 61.4 Å². The zero-order valence-electron chi connectivity index (χ0n) is 16.4. The van der Waals surface area contributed by atoms with Crippen LogP contribution in [0.2, 0.25) is 0 Å². The number of hydrogen-bond donors (Lipinski definition) is 0. The molecule has 0 aliphatic carbocycles. The summed E-state index contributed by atoms with van der Waals surface area (Å²) in [5.74, 6) is 1.74. The predicted molar refractivity (Wildman–Crippen MR) is 111 cm³/mol. The Morgan fingerprint density at radius 3 is 2.64 bits per heavy atom. The molecule has 1 aliphatic rings. The second-order valence-corrected chi connectivity index (χ2v) is 8.92. The first-order valence-electron chi connectivity index (χ1n) is 9.55. The molecule has 0 radical (unpaired) electrons. The molecule has 28 heavy (non-hydrogen) atoms. The second kappa shape index (κ2) is 6.25. The first kappa shape index (κ1) is 17.6. The van der Waals surface area contributed by atoms with Crippen LogP contribution >= 0.6 is 11.3 Å². The van der Waals surface area contributed by atoms with Crippen molar-refractivity contribution < 1.29 is 4.74 Å². The smallest absolute Gasteiger partial charge is 0.268 e. The van der Waals surface area contributed by atoms with Crippen LogP contribution in [0.5, 0.6) is 0 Å². The maximum absolute atomic E-state index is 13.7. The summed E-state index contributed by atoms with van der Waals surface area (Å²) in [4.78, 5) is 15.8. The maximum atomic E-state index is 13.7. The molecule has 0 unspecified atom stereocenters. The molecule has 1 aromatic carbocycles. The van der Waals surface area contributed by atoms with Crippen LogP contribution in [0, 0.1) is 19.8 Å². The number of ether oxygens (including phenoxy) is 1. The minimum atomic E-state index is -0.0272. The van der Waals surface area contributed by atoms with Crippen molar-refractivity contribution in [2.75, 3.05) is 0 Å². The zero-order chi connectivity index (χ0) is 19.6. The number of fused-ring (bicyclic) bond motifs is 5. The van der Waals surface area contributed by atoms with Crippen LogP contribution < -0.4 is 5.56 Å². The van der Waals surface area contributed by atoms with Gasteiger partial charge in [-0.15, -0.1) is 21.5 Å². The van der Waals surface area contributed by atoms with Crippen LogP contribution in [-0.4, -0.2) is 25.3 Å². The Labute approximate surface area is 166 Å². The minimum Gasteiger partial charge on any atom is -0.372 e. The lowest BCUT2D eigenvalue weighted by atomic mass is 9.96. The Balaban J connectivity index is 1.88. The Hall–Kier alpha value is -2.51. The van der Waals surface area contributed by atoms with E-state index in [1.54, 1.807) is 15.9 Å². The van der Waals surface area contributed by atoms with Gasteiger partial charge >= 0.3 is 0 Å². The molecule has 3 aromatic heterocycles. The average molecular weight is 395 g/mol. The zero-order valence-corrected chi connectivity index (χ0v) is 17.2. The fourth-order valence-corrected chi connectivity index (χ4v) is 5.23. The molecule has 0 saturated carbocycles. The monoisotopic (exact) mass is 394 g/mol. The van der Waals surface area contributed by atoms with Gasteiger partial charge in [-0.2, -0.15) is 0 Å². The minimum absolute atomic E-state index is 0.0272. The van der Waals surface area contributed by atoms with E-state index in [1.165, 1.54) is 0 Å². The molecule has 1 atom stereocenters. The fourth-order valence-electron chi connectivity index (χ4n) is 3.94. The van der Waals surface area contributed by atoms with E-state index >= 15 is 0 Å². The number of hydrogen-bond acceptors (Lipinski definition) is 5. The molecule has 7 heteroatoms. The van der Waals surface area contributed by atoms with E-state index in [9.17, 15) is 4.79 Å². The lowest BCUT2D eigenvalue weighted by Crippen LogP contribution is -2.28. The highest BCUT2D eigenvalue weighted by atomic mass is 32.1. The lowest BCUT2D eigenvalue weighted by molar-refractivity contribution is 0.00200. The maximum Gasteiger partial charge on any atom is 0.268 e. The van der Waals surface area contributed by atoms with E-state index in [2.05, 4.69) is 24.0 Å². The molecule has 144 valence electrons. The van der Waals surface area contributed by atoms with E-state index in [1.807, 2.05) is 42.5 Å². The van der Waals surface area contributed by atoms with Gasteiger partial charge < -0.3 is 4.74 Å². The van der Waals surface area contributed by atoms with Crippen LogP contribution in [0.1, 0.15) is 35.7 Å². The van der Waals surface area contributed by atoms with Gasteiger partial charge in [0.05, 0.1) is 23.8 Å². The summed E-state index contributed by atoms with van der Waals surface area (Å²) in [7, 11) is 0. The van der Waals surface area contributed by atoms with Crippen molar-refractivity contribution in [3.63, 3.8) is 0 Å². The molecule has 4 heterocycles. The lowest BCUT2D eigenvalue weighted by Gasteiger charge is -2.26. The van der Waals surface area contributed by atoms with E-state index in [0.29, 0.717) is 18.3 Å². The molecule has 1 aliphatic heterocycles. The van der Waals surface area contributed by atoms with Crippen LogP contribution in [0.4, 0.5) is 0 Å². The molecule has 5 rings (SSSR count).